The SMILES string of the molecule is COc1cc(/C=c2\sc3n(c2=O)C(c2c(OC)ccc4ccccc24)C(C(C)=O)=C(C)N=3)ccc1OCc1ccc(F)cc1. The van der Waals surface area contributed by atoms with Crippen molar-refractivity contribution in [1.29, 1.82) is 0 Å². The summed E-state index contributed by atoms with van der Waals surface area (Å²) in [4.78, 5) is 32.4. The number of methoxy groups -OCH3 is 2. The second kappa shape index (κ2) is 11.9. The molecule has 1 atom stereocenters. The van der Waals surface area contributed by atoms with Gasteiger partial charge in [0.1, 0.15) is 18.2 Å². The van der Waals surface area contributed by atoms with Crippen molar-refractivity contribution in [2.75, 3.05) is 14.2 Å². The third-order valence-electron chi connectivity index (χ3n) is 7.62. The van der Waals surface area contributed by atoms with E-state index in [-0.39, 0.29) is 23.8 Å². The van der Waals surface area contributed by atoms with E-state index in [1.165, 1.54) is 30.4 Å². The van der Waals surface area contributed by atoms with E-state index in [4.69, 9.17) is 19.2 Å². The average Bonchev–Trinajstić information content (AvgIpc) is 3.33. The van der Waals surface area contributed by atoms with Gasteiger partial charge >= 0.3 is 0 Å². The predicted octanol–water partition coefficient (Wildman–Crippen LogP) is 5.71. The average molecular weight is 609 g/mol. The molecule has 0 spiro atoms. The third kappa shape index (κ3) is 5.31. The molecule has 0 N–H and O–H groups in total. The van der Waals surface area contributed by atoms with Crippen LogP contribution in [0, 0.1) is 5.82 Å². The van der Waals surface area contributed by atoms with E-state index in [0.29, 0.717) is 37.9 Å². The van der Waals surface area contributed by atoms with E-state index in [1.807, 2.05) is 42.5 Å². The fourth-order valence-corrected chi connectivity index (χ4v) is 6.61. The highest BCUT2D eigenvalue weighted by molar-refractivity contribution is 7.07. The summed E-state index contributed by atoms with van der Waals surface area (Å²) in [5.74, 6) is 1.11. The monoisotopic (exact) mass is 608 g/mol. The smallest absolute Gasteiger partial charge is 0.271 e. The number of fused-ring (bicyclic) bond motifs is 2. The maximum Gasteiger partial charge on any atom is 0.271 e. The molecular formula is C35H29FN2O5S. The van der Waals surface area contributed by atoms with Gasteiger partial charge in [-0.3, -0.25) is 14.2 Å². The predicted molar refractivity (Wildman–Crippen MR) is 169 cm³/mol. The Labute approximate surface area is 256 Å². The highest BCUT2D eigenvalue weighted by Gasteiger charge is 2.33. The first-order chi connectivity index (χ1) is 21.3. The molecule has 6 rings (SSSR count). The normalized spacial score (nSPS) is 14.8. The molecule has 2 heterocycles. The molecule has 0 radical (unpaired) electrons. The lowest BCUT2D eigenvalue weighted by atomic mass is 9.89. The van der Waals surface area contributed by atoms with Gasteiger partial charge in [0.25, 0.3) is 5.56 Å². The van der Waals surface area contributed by atoms with Crippen LogP contribution in [0.25, 0.3) is 16.8 Å². The van der Waals surface area contributed by atoms with Crippen LogP contribution >= 0.6 is 11.3 Å². The first kappa shape index (κ1) is 29.1. The lowest BCUT2D eigenvalue weighted by Crippen LogP contribution is -2.39. The van der Waals surface area contributed by atoms with Crippen LogP contribution < -0.4 is 29.1 Å². The van der Waals surface area contributed by atoms with Crippen LogP contribution in [0.5, 0.6) is 17.2 Å². The first-order valence-corrected chi connectivity index (χ1v) is 14.7. The Hall–Kier alpha value is -5.02. The number of ether oxygens (including phenoxy) is 3. The lowest BCUT2D eigenvalue weighted by molar-refractivity contribution is -0.114. The van der Waals surface area contributed by atoms with Gasteiger partial charge in [0.2, 0.25) is 0 Å². The first-order valence-electron chi connectivity index (χ1n) is 13.9. The van der Waals surface area contributed by atoms with E-state index >= 15 is 0 Å². The maximum absolute atomic E-state index is 14.1. The van der Waals surface area contributed by atoms with Gasteiger partial charge < -0.3 is 14.2 Å². The number of halogens is 1. The zero-order chi connectivity index (χ0) is 31.0. The molecule has 0 saturated heterocycles. The Kier molecular flexibility index (Phi) is 7.88. The Morgan fingerprint density at radius 1 is 0.977 bits per heavy atom. The number of hydrogen-bond acceptors (Lipinski definition) is 7. The summed E-state index contributed by atoms with van der Waals surface area (Å²) < 4.78 is 32.6. The summed E-state index contributed by atoms with van der Waals surface area (Å²) in [7, 11) is 3.13. The van der Waals surface area contributed by atoms with Crippen LogP contribution in [0.2, 0.25) is 0 Å². The largest absolute Gasteiger partial charge is 0.496 e. The molecular weight excluding hydrogens is 579 g/mol. The van der Waals surface area contributed by atoms with Crippen molar-refractivity contribution in [3.8, 4) is 17.2 Å². The van der Waals surface area contributed by atoms with Crippen molar-refractivity contribution in [3.63, 3.8) is 0 Å². The Balaban J connectivity index is 1.46. The molecule has 4 aromatic carbocycles. The van der Waals surface area contributed by atoms with Crippen LogP contribution in [0.15, 0.2) is 99.9 Å². The molecule has 5 aromatic rings. The van der Waals surface area contributed by atoms with Gasteiger partial charge in [-0.1, -0.05) is 59.9 Å². The molecule has 0 saturated carbocycles. The number of carbonyl (C=O) groups is 1. The van der Waals surface area contributed by atoms with Crippen LogP contribution in [-0.4, -0.2) is 24.6 Å². The number of hydrogen-bond donors (Lipinski definition) is 0. The molecule has 0 amide bonds. The number of aromatic nitrogens is 1. The van der Waals surface area contributed by atoms with Gasteiger partial charge in [-0.05, 0) is 72.2 Å². The van der Waals surface area contributed by atoms with Crippen molar-refractivity contribution in [2.24, 2.45) is 4.99 Å². The molecule has 7 nitrogen and oxygen atoms in total. The number of Topliss-reactive ketones (excluding diaryl/α,β-unsaturated/α-hetero) is 1. The maximum atomic E-state index is 14.1. The van der Waals surface area contributed by atoms with E-state index in [2.05, 4.69) is 0 Å². The summed E-state index contributed by atoms with van der Waals surface area (Å²) in [5, 5.41) is 1.86. The zero-order valence-corrected chi connectivity index (χ0v) is 25.4. The van der Waals surface area contributed by atoms with Crippen molar-refractivity contribution in [3.05, 3.63) is 132 Å². The number of rotatable bonds is 8. The second-order valence-electron chi connectivity index (χ2n) is 10.4. The van der Waals surface area contributed by atoms with Gasteiger partial charge in [-0.15, -0.1) is 0 Å². The quantitative estimate of drug-likeness (QED) is 0.226. The lowest BCUT2D eigenvalue weighted by Gasteiger charge is -2.27. The van der Waals surface area contributed by atoms with Gasteiger partial charge in [0.05, 0.1) is 24.8 Å². The van der Waals surface area contributed by atoms with E-state index in [1.54, 1.807) is 56.1 Å². The number of carbonyl (C=O) groups excluding carboxylic acids is 1. The number of benzene rings is 4. The molecule has 1 aromatic heterocycles. The van der Waals surface area contributed by atoms with Gasteiger partial charge in [0, 0.05) is 16.8 Å². The van der Waals surface area contributed by atoms with Crippen LogP contribution in [0.4, 0.5) is 4.39 Å². The summed E-state index contributed by atoms with van der Waals surface area (Å²) in [6, 6.07) is 22.4. The van der Waals surface area contributed by atoms with Gasteiger partial charge in [-0.25, -0.2) is 9.38 Å². The van der Waals surface area contributed by atoms with Crippen LogP contribution in [0.1, 0.15) is 36.6 Å². The van der Waals surface area contributed by atoms with Crippen molar-refractivity contribution in [1.82, 2.24) is 4.57 Å². The topological polar surface area (TPSA) is 79.1 Å². The molecule has 222 valence electrons. The van der Waals surface area contributed by atoms with Crippen LogP contribution in [0.3, 0.4) is 0 Å². The van der Waals surface area contributed by atoms with E-state index in [0.717, 1.165) is 27.5 Å². The van der Waals surface area contributed by atoms with Crippen molar-refractivity contribution >= 4 is 34.0 Å². The third-order valence-corrected chi connectivity index (χ3v) is 8.60. The number of ketones is 1. The Morgan fingerprint density at radius 3 is 2.43 bits per heavy atom. The fourth-order valence-electron chi connectivity index (χ4n) is 5.57. The molecule has 0 fully saturated rings. The summed E-state index contributed by atoms with van der Waals surface area (Å²) in [6.45, 7) is 3.54. The second-order valence-corrected chi connectivity index (χ2v) is 11.4. The van der Waals surface area contributed by atoms with E-state index < -0.39 is 6.04 Å². The summed E-state index contributed by atoms with van der Waals surface area (Å²) in [5.41, 5.74) is 3.02. The van der Waals surface area contributed by atoms with Crippen molar-refractivity contribution in [2.45, 2.75) is 26.5 Å². The van der Waals surface area contributed by atoms with Gasteiger partial charge in [-0.2, -0.15) is 0 Å². The standard InChI is InChI=1S/C35H29FN2O5S/c1-20-31(21(2)39)33(32-26-8-6-5-7-24(26)12-16-28(32)41-3)38-34(40)30(44-35(38)37-20)18-23-11-15-27(29(17-23)42-4)43-19-22-9-13-25(36)14-10-22/h5-18,33H,19H2,1-4H3/b30-18-. The molecule has 44 heavy (non-hydrogen) atoms. The number of allylic oxidation sites excluding steroid dienone is 2. The highest BCUT2D eigenvalue weighted by Crippen LogP contribution is 2.40. The molecule has 1 unspecified atom stereocenters. The highest BCUT2D eigenvalue weighted by atomic mass is 32.1. The number of thiazole rings is 1. The summed E-state index contributed by atoms with van der Waals surface area (Å²) >= 11 is 1.26. The molecule has 0 bridgehead atoms. The van der Waals surface area contributed by atoms with Crippen molar-refractivity contribution < 1.29 is 23.4 Å². The van der Waals surface area contributed by atoms with Crippen LogP contribution in [-0.2, 0) is 11.4 Å². The Bertz CT molecular complexity index is 2130. The molecule has 1 aliphatic heterocycles. The number of nitrogens with zero attached hydrogens (tertiary/aromatic N) is 2. The summed E-state index contributed by atoms with van der Waals surface area (Å²) in [6.07, 6.45) is 1.78. The Morgan fingerprint density at radius 2 is 1.70 bits per heavy atom. The minimum atomic E-state index is -0.719. The minimum Gasteiger partial charge on any atom is -0.496 e. The zero-order valence-electron chi connectivity index (χ0n) is 24.6. The van der Waals surface area contributed by atoms with E-state index in [9.17, 15) is 14.0 Å². The molecule has 1 aliphatic rings. The molecule has 0 aliphatic carbocycles. The van der Waals surface area contributed by atoms with Gasteiger partial charge in [0.15, 0.2) is 22.1 Å². The minimum absolute atomic E-state index is 0.165. The fraction of sp³-hybridized carbons (Fsp3) is 0.171. The molecule has 9 heteroatoms.